The van der Waals surface area contributed by atoms with Crippen LogP contribution in [0.3, 0.4) is 0 Å². The Morgan fingerprint density at radius 2 is 1.84 bits per heavy atom. The summed E-state index contributed by atoms with van der Waals surface area (Å²) in [6, 6.07) is 12.2. The molecule has 1 saturated heterocycles. The number of rotatable bonds is 4. The fraction of sp³-hybridized carbons (Fsp3) is 0.400. The molecule has 5 nitrogen and oxygen atoms in total. The molecule has 0 saturated carbocycles. The summed E-state index contributed by atoms with van der Waals surface area (Å²) in [5.74, 6) is 0.0627. The number of morpholine rings is 1. The Kier molecular flexibility index (Phi) is 4.76. The summed E-state index contributed by atoms with van der Waals surface area (Å²) in [4.78, 5) is 19.5. The summed E-state index contributed by atoms with van der Waals surface area (Å²) in [5, 5.41) is 3.27. The highest BCUT2D eigenvalue weighted by molar-refractivity contribution is 5.83. The van der Waals surface area contributed by atoms with Crippen LogP contribution in [0.4, 0.5) is 0 Å². The maximum atomic E-state index is 13.1. The molecule has 25 heavy (non-hydrogen) atoms. The number of pyridine rings is 1. The second-order valence-electron chi connectivity index (χ2n) is 6.72. The average Bonchev–Trinajstić information content (AvgIpc) is 3.06. The van der Waals surface area contributed by atoms with Crippen LogP contribution in [0.2, 0.25) is 0 Å². The van der Waals surface area contributed by atoms with Gasteiger partial charge < -0.3 is 10.1 Å². The van der Waals surface area contributed by atoms with E-state index in [0.717, 1.165) is 31.5 Å². The smallest absolute Gasteiger partial charge is 0.242 e. The summed E-state index contributed by atoms with van der Waals surface area (Å²) < 4.78 is 5.45. The fourth-order valence-electron chi connectivity index (χ4n) is 3.84. The van der Waals surface area contributed by atoms with Gasteiger partial charge in [0.05, 0.1) is 13.2 Å². The van der Waals surface area contributed by atoms with Gasteiger partial charge in [0.15, 0.2) is 0 Å². The van der Waals surface area contributed by atoms with E-state index in [0.29, 0.717) is 13.2 Å². The lowest BCUT2D eigenvalue weighted by Crippen LogP contribution is -2.48. The highest BCUT2D eigenvalue weighted by atomic mass is 16.5. The van der Waals surface area contributed by atoms with Crippen molar-refractivity contribution >= 4 is 5.91 Å². The van der Waals surface area contributed by atoms with Gasteiger partial charge in [-0.15, -0.1) is 0 Å². The number of benzene rings is 1. The van der Waals surface area contributed by atoms with Crippen molar-refractivity contribution in [3.05, 3.63) is 65.5 Å². The van der Waals surface area contributed by atoms with Crippen LogP contribution >= 0.6 is 0 Å². The minimum atomic E-state index is -0.304. The third-order valence-electron chi connectivity index (χ3n) is 5.06. The van der Waals surface area contributed by atoms with Crippen LogP contribution in [0, 0.1) is 0 Å². The van der Waals surface area contributed by atoms with Gasteiger partial charge in [0.25, 0.3) is 0 Å². The van der Waals surface area contributed by atoms with E-state index in [-0.39, 0.29) is 18.0 Å². The third-order valence-corrected chi connectivity index (χ3v) is 5.06. The van der Waals surface area contributed by atoms with E-state index in [1.54, 1.807) is 12.4 Å². The number of carbonyl (C=O) groups excluding carboxylic acids is 1. The van der Waals surface area contributed by atoms with Gasteiger partial charge in [0.1, 0.15) is 6.04 Å². The molecule has 2 heterocycles. The van der Waals surface area contributed by atoms with E-state index < -0.39 is 0 Å². The molecule has 1 amide bonds. The van der Waals surface area contributed by atoms with Gasteiger partial charge >= 0.3 is 0 Å². The molecule has 0 spiro atoms. The lowest BCUT2D eigenvalue weighted by atomic mass is 10.0. The summed E-state index contributed by atoms with van der Waals surface area (Å²) in [5.41, 5.74) is 3.63. The van der Waals surface area contributed by atoms with Crippen molar-refractivity contribution in [2.24, 2.45) is 0 Å². The Hall–Kier alpha value is -2.24. The number of hydrogen-bond donors (Lipinski definition) is 1. The molecule has 1 atom stereocenters. The fourth-order valence-corrected chi connectivity index (χ4v) is 3.84. The number of carbonyl (C=O) groups is 1. The van der Waals surface area contributed by atoms with Crippen molar-refractivity contribution in [1.82, 2.24) is 15.2 Å². The topological polar surface area (TPSA) is 54.5 Å². The molecule has 1 aliphatic heterocycles. The molecule has 4 rings (SSSR count). The van der Waals surface area contributed by atoms with Crippen LogP contribution in [0.25, 0.3) is 0 Å². The third kappa shape index (κ3) is 3.57. The Balaban J connectivity index is 1.50. The average molecular weight is 337 g/mol. The number of nitrogens with zero attached hydrogens (tertiary/aromatic N) is 2. The molecule has 130 valence electrons. The van der Waals surface area contributed by atoms with Gasteiger partial charge in [-0.2, -0.15) is 0 Å². The highest BCUT2D eigenvalue weighted by Gasteiger charge is 2.32. The lowest BCUT2D eigenvalue weighted by molar-refractivity contribution is -0.129. The molecular weight excluding hydrogens is 314 g/mol. The van der Waals surface area contributed by atoms with Crippen molar-refractivity contribution in [3.63, 3.8) is 0 Å². The highest BCUT2D eigenvalue weighted by Crippen LogP contribution is 2.25. The van der Waals surface area contributed by atoms with E-state index in [4.69, 9.17) is 4.74 Å². The molecule has 5 heteroatoms. The quantitative estimate of drug-likeness (QED) is 0.923. The zero-order valence-electron chi connectivity index (χ0n) is 14.2. The van der Waals surface area contributed by atoms with E-state index in [2.05, 4.69) is 39.5 Å². The largest absolute Gasteiger partial charge is 0.379 e. The van der Waals surface area contributed by atoms with Crippen LogP contribution < -0.4 is 5.32 Å². The summed E-state index contributed by atoms with van der Waals surface area (Å²) in [7, 11) is 0. The van der Waals surface area contributed by atoms with Gasteiger partial charge in [-0.3, -0.25) is 14.7 Å². The first-order valence-corrected chi connectivity index (χ1v) is 8.90. The monoisotopic (exact) mass is 337 g/mol. The van der Waals surface area contributed by atoms with Crippen molar-refractivity contribution in [2.75, 3.05) is 26.3 Å². The Morgan fingerprint density at radius 3 is 2.48 bits per heavy atom. The number of fused-ring (bicyclic) bond motifs is 1. The molecule has 1 aromatic heterocycles. The molecule has 0 unspecified atom stereocenters. The Labute approximate surface area is 148 Å². The molecule has 1 N–H and O–H groups in total. The van der Waals surface area contributed by atoms with E-state index in [1.807, 2.05) is 12.1 Å². The number of hydrogen-bond acceptors (Lipinski definition) is 4. The van der Waals surface area contributed by atoms with Crippen LogP contribution in [0.1, 0.15) is 22.7 Å². The van der Waals surface area contributed by atoms with Crippen molar-refractivity contribution < 1.29 is 9.53 Å². The first-order chi connectivity index (χ1) is 12.3. The standard InChI is InChI=1S/C20H23N3O2/c24-20(22-18-12-15-4-1-2-5-16(15)13-18)19(17-6-3-7-21-14-17)23-8-10-25-11-9-23/h1-7,14,18-19H,8-13H2,(H,22,24)/t19-/m1/s1. The van der Waals surface area contributed by atoms with Crippen LogP contribution in [0.5, 0.6) is 0 Å². The molecule has 0 radical (unpaired) electrons. The molecule has 2 aromatic rings. The second-order valence-corrected chi connectivity index (χ2v) is 6.72. The van der Waals surface area contributed by atoms with Crippen LogP contribution in [-0.2, 0) is 22.4 Å². The maximum Gasteiger partial charge on any atom is 0.242 e. The molecular formula is C20H23N3O2. The lowest BCUT2D eigenvalue weighted by Gasteiger charge is -2.34. The minimum Gasteiger partial charge on any atom is -0.379 e. The van der Waals surface area contributed by atoms with Crippen molar-refractivity contribution in [3.8, 4) is 0 Å². The molecule has 0 bridgehead atoms. The van der Waals surface area contributed by atoms with Crippen LogP contribution in [0.15, 0.2) is 48.8 Å². The number of amides is 1. The zero-order chi connectivity index (χ0) is 17.1. The van der Waals surface area contributed by atoms with E-state index >= 15 is 0 Å². The summed E-state index contributed by atoms with van der Waals surface area (Å²) >= 11 is 0. The predicted octanol–water partition coefficient (Wildman–Crippen LogP) is 1.74. The van der Waals surface area contributed by atoms with Gasteiger partial charge in [-0.1, -0.05) is 30.3 Å². The van der Waals surface area contributed by atoms with Crippen molar-refractivity contribution in [1.29, 1.82) is 0 Å². The van der Waals surface area contributed by atoms with Crippen molar-refractivity contribution in [2.45, 2.75) is 24.9 Å². The molecule has 2 aliphatic rings. The maximum absolute atomic E-state index is 13.1. The number of aromatic nitrogens is 1. The van der Waals surface area contributed by atoms with Gasteiger partial charge in [-0.05, 0) is 35.6 Å². The number of nitrogens with one attached hydrogen (secondary N) is 1. The molecule has 1 fully saturated rings. The second kappa shape index (κ2) is 7.33. The van der Waals surface area contributed by atoms with Crippen LogP contribution in [-0.4, -0.2) is 48.1 Å². The molecule has 1 aromatic carbocycles. The normalized spacial score (nSPS) is 19.4. The minimum absolute atomic E-state index is 0.0627. The number of ether oxygens (including phenoxy) is 1. The van der Waals surface area contributed by atoms with E-state index in [1.165, 1.54) is 11.1 Å². The molecule has 1 aliphatic carbocycles. The van der Waals surface area contributed by atoms with Gasteiger partial charge in [0, 0.05) is 31.5 Å². The van der Waals surface area contributed by atoms with E-state index in [9.17, 15) is 4.79 Å². The SMILES string of the molecule is O=C(NC1Cc2ccccc2C1)[C@@H](c1cccnc1)N1CCOCC1. The summed E-state index contributed by atoms with van der Waals surface area (Å²) in [6.45, 7) is 2.85. The summed E-state index contributed by atoms with van der Waals surface area (Å²) in [6.07, 6.45) is 5.35. The first kappa shape index (κ1) is 16.2. The Bertz CT molecular complexity index is 704. The van der Waals surface area contributed by atoms with Gasteiger partial charge in [-0.25, -0.2) is 0 Å². The predicted molar refractivity (Wildman–Crippen MR) is 95.2 cm³/mol. The zero-order valence-corrected chi connectivity index (χ0v) is 14.2. The Morgan fingerprint density at radius 1 is 1.12 bits per heavy atom. The van der Waals surface area contributed by atoms with Gasteiger partial charge in [0.2, 0.25) is 5.91 Å². The first-order valence-electron chi connectivity index (χ1n) is 8.90.